The van der Waals surface area contributed by atoms with Crippen molar-refractivity contribution in [1.29, 1.82) is 0 Å². The first-order valence-electron chi connectivity index (χ1n) is 6.22. The standard InChI is InChI=1S/C13H17FN4O/c1-2-18-13(16-9-17-18)8-19-12-4-3-11(14)7-10(12)5-6-15/h3-4,7,9H,2,5-6,8,15H2,1H3. The summed E-state index contributed by atoms with van der Waals surface area (Å²) in [6, 6.07) is 4.44. The molecule has 1 aromatic heterocycles. The fraction of sp³-hybridized carbons (Fsp3) is 0.385. The van der Waals surface area contributed by atoms with Gasteiger partial charge in [-0.1, -0.05) is 0 Å². The molecule has 0 spiro atoms. The highest BCUT2D eigenvalue weighted by atomic mass is 19.1. The van der Waals surface area contributed by atoms with Crippen LogP contribution in [0.2, 0.25) is 0 Å². The molecular formula is C13H17FN4O. The minimum Gasteiger partial charge on any atom is -0.485 e. The van der Waals surface area contributed by atoms with Crippen molar-refractivity contribution in [3.8, 4) is 5.75 Å². The van der Waals surface area contributed by atoms with Gasteiger partial charge in [-0.3, -0.25) is 0 Å². The maximum atomic E-state index is 13.2. The van der Waals surface area contributed by atoms with E-state index in [1.807, 2.05) is 6.92 Å². The molecule has 1 aromatic carbocycles. The minimum atomic E-state index is -0.285. The lowest BCUT2D eigenvalue weighted by Crippen LogP contribution is -2.09. The number of nitrogens with zero attached hydrogens (tertiary/aromatic N) is 3. The van der Waals surface area contributed by atoms with E-state index >= 15 is 0 Å². The summed E-state index contributed by atoms with van der Waals surface area (Å²) in [4.78, 5) is 4.12. The molecule has 0 aliphatic rings. The molecule has 19 heavy (non-hydrogen) atoms. The number of halogens is 1. The van der Waals surface area contributed by atoms with Crippen LogP contribution in [0.25, 0.3) is 0 Å². The van der Waals surface area contributed by atoms with E-state index in [2.05, 4.69) is 10.1 Å². The van der Waals surface area contributed by atoms with E-state index in [4.69, 9.17) is 10.5 Å². The molecule has 0 aliphatic carbocycles. The lowest BCUT2D eigenvalue weighted by molar-refractivity contribution is 0.284. The average Bonchev–Trinajstić information content (AvgIpc) is 2.85. The van der Waals surface area contributed by atoms with Gasteiger partial charge in [0, 0.05) is 6.54 Å². The van der Waals surface area contributed by atoms with Gasteiger partial charge in [0.2, 0.25) is 0 Å². The normalized spacial score (nSPS) is 10.7. The van der Waals surface area contributed by atoms with Gasteiger partial charge in [0.05, 0.1) is 0 Å². The van der Waals surface area contributed by atoms with Crippen LogP contribution in [-0.4, -0.2) is 21.3 Å². The van der Waals surface area contributed by atoms with E-state index in [9.17, 15) is 4.39 Å². The molecule has 0 saturated heterocycles. The van der Waals surface area contributed by atoms with Gasteiger partial charge in [0.25, 0.3) is 0 Å². The number of benzene rings is 1. The molecule has 0 amide bonds. The lowest BCUT2D eigenvalue weighted by atomic mass is 10.1. The van der Waals surface area contributed by atoms with Gasteiger partial charge in [-0.25, -0.2) is 14.1 Å². The fourth-order valence-corrected chi connectivity index (χ4v) is 1.85. The average molecular weight is 264 g/mol. The molecule has 0 aliphatic heterocycles. The van der Waals surface area contributed by atoms with E-state index in [1.165, 1.54) is 18.5 Å². The number of hydrogen-bond acceptors (Lipinski definition) is 4. The van der Waals surface area contributed by atoms with E-state index < -0.39 is 0 Å². The summed E-state index contributed by atoms with van der Waals surface area (Å²) in [5.74, 6) is 1.09. The van der Waals surface area contributed by atoms with Gasteiger partial charge in [0.15, 0.2) is 5.82 Å². The SMILES string of the molecule is CCn1ncnc1COc1ccc(F)cc1CCN. The molecule has 0 bridgehead atoms. The largest absolute Gasteiger partial charge is 0.485 e. The zero-order chi connectivity index (χ0) is 13.7. The van der Waals surface area contributed by atoms with Crippen molar-refractivity contribution >= 4 is 0 Å². The maximum absolute atomic E-state index is 13.2. The molecule has 0 radical (unpaired) electrons. The monoisotopic (exact) mass is 264 g/mol. The van der Waals surface area contributed by atoms with E-state index in [0.29, 0.717) is 25.3 Å². The Balaban J connectivity index is 2.10. The molecule has 102 valence electrons. The first-order valence-corrected chi connectivity index (χ1v) is 6.22. The van der Waals surface area contributed by atoms with Crippen LogP contribution in [0.15, 0.2) is 24.5 Å². The summed E-state index contributed by atoms with van der Waals surface area (Å²) in [5, 5.41) is 4.07. The number of aromatic nitrogens is 3. The summed E-state index contributed by atoms with van der Waals surface area (Å²) < 4.78 is 20.6. The van der Waals surface area contributed by atoms with Gasteiger partial charge in [0.1, 0.15) is 24.5 Å². The van der Waals surface area contributed by atoms with Crippen LogP contribution in [0.5, 0.6) is 5.75 Å². The fourth-order valence-electron chi connectivity index (χ4n) is 1.85. The van der Waals surface area contributed by atoms with Crippen LogP contribution in [0.1, 0.15) is 18.3 Å². The van der Waals surface area contributed by atoms with Crippen molar-refractivity contribution < 1.29 is 9.13 Å². The summed E-state index contributed by atoms with van der Waals surface area (Å²) in [6.45, 7) is 3.47. The van der Waals surface area contributed by atoms with E-state index in [0.717, 1.165) is 17.9 Å². The van der Waals surface area contributed by atoms with Crippen LogP contribution in [0, 0.1) is 5.82 Å². The van der Waals surface area contributed by atoms with E-state index in [1.54, 1.807) is 10.7 Å². The molecule has 1 heterocycles. The number of aryl methyl sites for hydroxylation is 1. The zero-order valence-electron chi connectivity index (χ0n) is 10.8. The highest BCUT2D eigenvalue weighted by Gasteiger charge is 2.08. The quantitative estimate of drug-likeness (QED) is 0.859. The summed E-state index contributed by atoms with van der Waals surface area (Å²) in [5.41, 5.74) is 6.28. The second kappa shape index (κ2) is 6.29. The predicted molar refractivity (Wildman–Crippen MR) is 69.2 cm³/mol. The molecule has 2 aromatic rings. The molecule has 0 saturated carbocycles. The summed E-state index contributed by atoms with van der Waals surface area (Å²) in [7, 11) is 0. The number of hydrogen-bond donors (Lipinski definition) is 1. The predicted octanol–water partition coefficient (Wildman–Crippen LogP) is 1.52. The minimum absolute atomic E-state index is 0.285. The Bertz CT molecular complexity index is 541. The van der Waals surface area contributed by atoms with Crippen molar-refractivity contribution in [2.75, 3.05) is 6.54 Å². The first kappa shape index (κ1) is 13.5. The zero-order valence-corrected chi connectivity index (χ0v) is 10.8. The second-order valence-corrected chi connectivity index (χ2v) is 4.07. The Morgan fingerprint density at radius 1 is 1.42 bits per heavy atom. The van der Waals surface area contributed by atoms with Crippen molar-refractivity contribution in [2.24, 2.45) is 5.73 Å². The molecular weight excluding hydrogens is 247 g/mol. The van der Waals surface area contributed by atoms with E-state index in [-0.39, 0.29) is 5.82 Å². The Hall–Kier alpha value is -1.95. The molecule has 6 heteroatoms. The van der Waals surface area contributed by atoms with Crippen molar-refractivity contribution in [1.82, 2.24) is 14.8 Å². The second-order valence-electron chi connectivity index (χ2n) is 4.07. The molecule has 0 atom stereocenters. The van der Waals surface area contributed by atoms with Crippen LogP contribution in [0.3, 0.4) is 0 Å². The van der Waals surface area contributed by atoms with Gasteiger partial charge in [-0.05, 0) is 43.7 Å². The molecule has 2 N–H and O–H groups in total. The van der Waals surface area contributed by atoms with Crippen molar-refractivity contribution in [3.05, 3.63) is 41.7 Å². The van der Waals surface area contributed by atoms with Crippen LogP contribution < -0.4 is 10.5 Å². The molecule has 0 fully saturated rings. The van der Waals surface area contributed by atoms with Crippen LogP contribution in [0.4, 0.5) is 4.39 Å². The number of nitrogens with two attached hydrogens (primary N) is 1. The number of ether oxygens (including phenoxy) is 1. The topological polar surface area (TPSA) is 66.0 Å². The Morgan fingerprint density at radius 2 is 2.26 bits per heavy atom. The first-order chi connectivity index (χ1) is 9.24. The summed E-state index contributed by atoms with van der Waals surface area (Å²) >= 11 is 0. The lowest BCUT2D eigenvalue weighted by Gasteiger charge is -2.11. The van der Waals surface area contributed by atoms with Gasteiger partial charge < -0.3 is 10.5 Å². The Morgan fingerprint density at radius 3 is 3.00 bits per heavy atom. The van der Waals surface area contributed by atoms with Crippen LogP contribution >= 0.6 is 0 Å². The Kier molecular flexibility index (Phi) is 4.46. The number of rotatable bonds is 6. The van der Waals surface area contributed by atoms with Gasteiger partial charge >= 0.3 is 0 Å². The molecule has 2 rings (SSSR count). The smallest absolute Gasteiger partial charge is 0.164 e. The molecule has 5 nitrogen and oxygen atoms in total. The highest BCUT2D eigenvalue weighted by molar-refractivity contribution is 5.34. The van der Waals surface area contributed by atoms with Crippen LogP contribution in [-0.2, 0) is 19.6 Å². The van der Waals surface area contributed by atoms with Gasteiger partial charge in [-0.15, -0.1) is 0 Å². The third-order valence-electron chi connectivity index (χ3n) is 2.79. The van der Waals surface area contributed by atoms with Gasteiger partial charge in [-0.2, -0.15) is 5.10 Å². The molecule has 0 unspecified atom stereocenters. The summed E-state index contributed by atoms with van der Waals surface area (Å²) in [6.07, 6.45) is 2.07. The maximum Gasteiger partial charge on any atom is 0.164 e. The highest BCUT2D eigenvalue weighted by Crippen LogP contribution is 2.21. The third-order valence-corrected chi connectivity index (χ3v) is 2.79. The Labute approximate surface area is 111 Å². The van der Waals surface area contributed by atoms with Crippen molar-refractivity contribution in [3.63, 3.8) is 0 Å². The third kappa shape index (κ3) is 3.29. The van der Waals surface area contributed by atoms with Crippen molar-refractivity contribution in [2.45, 2.75) is 26.5 Å².